The van der Waals surface area contributed by atoms with Crippen molar-refractivity contribution in [2.24, 2.45) is 0 Å². The molecule has 0 aliphatic carbocycles. The van der Waals surface area contributed by atoms with Gasteiger partial charge in [0.05, 0.1) is 30.1 Å². The zero-order valence-corrected chi connectivity index (χ0v) is 11.6. The van der Waals surface area contributed by atoms with E-state index in [2.05, 4.69) is 24.3 Å². The van der Waals surface area contributed by atoms with Crippen LogP contribution in [0, 0.1) is 0 Å². The van der Waals surface area contributed by atoms with E-state index in [0.717, 1.165) is 36.6 Å². The van der Waals surface area contributed by atoms with Gasteiger partial charge >= 0.3 is 0 Å². The Kier molecular flexibility index (Phi) is 6.55. The van der Waals surface area contributed by atoms with Crippen LogP contribution in [-0.2, 0) is 17.7 Å². The molecular formula is C12H22ClN3O. The van der Waals surface area contributed by atoms with Gasteiger partial charge in [0.15, 0.2) is 0 Å². The summed E-state index contributed by atoms with van der Waals surface area (Å²) in [7, 11) is 1.69. The van der Waals surface area contributed by atoms with Gasteiger partial charge in [0, 0.05) is 13.2 Å². The molecule has 0 amide bonds. The predicted molar refractivity (Wildman–Crippen MR) is 70.6 cm³/mol. The van der Waals surface area contributed by atoms with Gasteiger partial charge in [-0.2, -0.15) is 5.10 Å². The summed E-state index contributed by atoms with van der Waals surface area (Å²) in [5.41, 5.74) is 1.11. The average Bonchev–Trinajstić information content (AvgIpc) is 2.63. The van der Waals surface area contributed by atoms with Crippen molar-refractivity contribution >= 4 is 11.6 Å². The van der Waals surface area contributed by atoms with E-state index in [9.17, 15) is 0 Å². The summed E-state index contributed by atoms with van der Waals surface area (Å²) in [6.07, 6.45) is 3.72. The number of nitrogens with one attached hydrogen (secondary N) is 1. The second kappa shape index (κ2) is 7.69. The van der Waals surface area contributed by atoms with Crippen LogP contribution in [0.1, 0.15) is 26.0 Å². The van der Waals surface area contributed by atoms with Crippen LogP contribution in [0.4, 0.5) is 0 Å². The lowest BCUT2D eigenvalue weighted by atomic mass is 10.2. The molecule has 1 aromatic rings. The molecular weight excluding hydrogens is 238 g/mol. The molecule has 0 radical (unpaired) electrons. The Hall–Kier alpha value is -0.580. The van der Waals surface area contributed by atoms with E-state index >= 15 is 0 Å². The van der Waals surface area contributed by atoms with Crippen LogP contribution in [-0.4, -0.2) is 36.1 Å². The molecule has 0 saturated heterocycles. The average molecular weight is 260 g/mol. The van der Waals surface area contributed by atoms with E-state index in [1.54, 1.807) is 13.3 Å². The lowest BCUT2D eigenvalue weighted by Crippen LogP contribution is -2.24. The maximum absolute atomic E-state index is 6.12. The van der Waals surface area contributed by atoms with Gasteiger partial charge in [-0.25, -0.2) is 0 Å². The number of hydrogen-bond acceptors (Lipinski definition) is 3. The van der Waals surface area contributed by atoms with Gasteiger partial charge in [-0.3, -0.25) is 4.68 Å². The molecule has 0 saturated carbocycles. The number of aromatic nitrogens is 2. The zero-order chi connectivity index (χ0) is 12.7. The van der Waals surface area contributed by atoms with Gasteiger partial charge in [-0.1, -0.05) is 25.4 Å². The molecule has 17 heavy (non-hydrogen) atoms. The van der Waals surface area contributed by atoms with E-state index in [-0.39, 0.29) is 0 Å². The summed E-state index contributed by atoms with van der Waals surface area (Å²) in [6, 6.07) is 0.531. The highest BCUT2D eigenvalue weighted by atomic mass is 35.5. The Morgan fingerprint density at radius 1 is 1.53 bits per heavy atom. The minimum Gasteiger partial charge on any atom is -0.383 e. The molecule has 0 spiro atoms. The summed E-state index contributed by atoms with van der Waals surface area (Å²) >= 11 is 6.12. The first kappa shape index (κ1) is 14.5. The number of nitrogens with zero attached hydrogens (tertiary/aromatic N) is 2. The monoisotopic (exact) mass is 259 g/mol. The van der Waals surface area contributed by atoms with Crippen LogP contribution < -0.4 is 5.32 Å². The first-order chi connectivity index (χ1) is 8.15. The molecule has 1 aromatic heterocycles. The maximum Gasteiger partial charge on any atom is 0.0817 e. The molecule has 0 aliphatic heterocycles. The largest absolute Gasteiger partial charge is 0.383 e. The number of hydrogen-bond donors (Lipinski definition) is 1. The summed E-state index contributed by atoms with van der Waals surface area (Å²) in [5, 5.41) is 8.40. The molecule has 0 bridgehead atoms. The zero-order valence-electron chi connectivity index (χ0n) is 10.9. The third kappa shape index (κ3) is 5.06. The van der Waals surface area contributed by atoms with Crippen molar-refractivity contribution in [1.82, 2.24) is 15.1 Å². The number of methoxy groups -OCH3 is 1. The minimum absolute atomic E-state index is 0.531. The maximum atomic E-state index is 6.12. The van der Waals surface area contributed by atoms with Crippen LogP contribution in [0.15, 0.2) is 6.20 Å². The van der Waals surface area contributed by atoms with E-state index in [4.69, 9.17) is 16.3 Å². The minimum atomic E-state index is 0.531. The lowest BCUT2D eigenvalue weighted by molar-refractivity contribution is 0.182. The van der Waals surface area contributed by atoms with Crippen molar-refractivity contribution in [3.8, 4) is 0 Å². The van der Waals surface area contributed by atoms with E-state index in [1.165, 1.54) is 0 Å². The molecule has 98 valence electrons. The van der Waals surface area contributed by atoms with E-state index in [0.29, 0.717) is 12.6 Å². The normalized spacial score (nSPS) is 11.4. The quantitative estimate of drug-likeness (QED) is 0.727. The molecule has 0 fully saturated rings. The third-order valence-electron chi connectivity index (χ3n) is 2.55. The second-order valence-corrected chi connectivity index (χ2v) is 4.77. The highest BCUT2D eigenvalue weighted by Crippen LogP contribution is 2.16. The van der Waals surface area contributed by atoms with Gasteiger partial charge in [0.25, 0.3) is 0 Å². The lowest BCUT2D eigenvalue weighted by Gasteiger charge is -2.09. The Balaban J connectivity index is 2.42. The molecule has 4 nitrogen and oxygen atoms in total. The highest BCUT2D eigenvalue weighted by molar-refractivity contribution is 6.31. The van der Waals surface area contributed by atoms with Gasteiger partial charge in [0.2, 0.25) is 0 Å². The predicted octanol–water partition coefficient (Wildman–Crippen LogP) is 2.11. The van der Waals surface area contributed by atoms with Crippen molar-refractivity contribution < 1.29 is 4.74 Å². The van der Waals surface area contributed by atoms with E-state index in [1.807, 2.05) is 4.68 Å². The fourth-order valence-electron chi connectivity index (χ4n) is 1.65. The Labute approximate surface area is 108 Å². The Morgan fingerprint density at radius 2 is 2.29 bits per heavy atom. The fourth-order valence-corrected chi connectivity index (χ4v) is 1.89. The van der Waals surface area contributed by atoms with Gasteiger partial charge in [-0.05, 0) is 19.4 Å². The first-order valence-electron chi connectivity index (χ1n) is 6.07. The van der Waals surface area contributed by atoms with Gasteiger partial charge in [0.1, 0.15) is 0 Å². The van der Waals surface area contributed by atoms with Crippen molar-refractivity contribution in [2.45, 2.75) is 39.3 Å². The van der Waals surface area contributed by atoms with Gasteiger partial charge < -0.3 is 10.1 Å². The van der Waals surface area contributed by atoms with Crippen molar-refractivity contribution in [1.29, 1.82) is 0 Å². The number of rotatable bonds is 8. The molecule has 0 aromatic carbocycles. The number of halogens is 1. The first-order valence-corrected chi connectivity index (χ1v) is 6.45. The van der Waals surface area contributed by atoms with Crippen molar-refractivity contribution in [3.05, 3.63) is 16.9 Å². The summed E-state index contributed by atoms with van der Waals surface area (Å²) in [4.78, 5) is 0. The van der Waals surface area contributed by atoms with Crippen molar-refractivity contribution in [2.75, 3.05) is 20.3 Å². The third-order valence-corrected chi connectivity index (χ3v) is 2.86. The molecule has 0 unspecified atom stereocenters. The fraction of sp³-hybridized carbons (Fsp3) is 0.750. The number of ether oxygens (including phenoxy) is 1. The standard InChI is InChI=1S/C12H22ClN3O/c1-10(2)14-6-4-5-12-11(13)9-15-16(12)7-8-17-3/h9-10,14H,4-8H2,1-3H3. The van der Waals surface area contributed by atoms with Crippen LogP contribution >= 0.6 is 11.6 Å². The summed E-state index contributed by atoms with van der Waals surface area (Å²) in [5.74, 6) is 0. The summed E-state index contributed by atoms with van der Waals surface area (Å²) in [6.45, 7) is 6.72. The molecule has 5 heteroatoms. The van der Waals surface area contributed by atoms with Crippen LogP contribution in [0.25, 0.3) is 0 Å². The van der Waals surface area contributed by atoms with Crippen LogP contribution in [0.2, 0.25) is 5.02 Å². The van der Waals surface area contributed by atoms with Crippen LogP contribution in [0.5, 0.6) is 0 Å². The molecule has 1 N–H and O–H groups in total. The molecule has 1 rings (SSSR count). The van der Waals surface area contributed by atoms with E-state index < -0.39 is 0 Å². The second-order valence-electron chi connectivity index (χ2n) is 4.37. The Bertz CT molecular complexity index is 326. The highest BCUT2D eigenvalue weighted by Gasteiger charge is 2.08. The SMILES string of the molecule is COCCn1ncc(Cl)c1CCCNC(C)C. The van der Waals surface area contributed by atoms with Crippen LogP contribution in [0.3, 0.4) is 0 Å². The topological polar surface area (TPSA) is 39.1 Å². The van der Waals surface area contributed by atoms with Crippen molar-refractivity contribution in [3.63, 3.8) is 0 Å². The Morgan fingerprint density at radius 3 is 2.94 bits per heavy atom. The molecule has 0 atom stereocenters. The molecule has 1 heterocycles. The summed E-state index contributed by atoms with van der Waals surface area (Å²) < 4.78 is 6.98. The van der Waals surface area contributed by atoms with Gasteiger partial charge in [-0.15, -0.1) is 0 Å². The molecule has 0 aliphatic rings. The smallest absolute Gasteiger partial charge is 0.0817 e.